The maximum absolute atomic E-state index is 5.66. The first-order valence-corrected chi connectivity index (χ1v) is 7.66. The second kappa shape index (κ2) is 7.22. The number of ether oxygens (including phenoxy) is 2. The predicted octanol–water partition coefficient (Wildman–Crippen LogP) is 2.78. The van der Waals surface area contributed by atoms with Crippen molar-refractivity contribution >= 4 is 5.82 Å². The van der Waals surface area contributed by atoms with Crippen molar-refractivity contribution in [3.05, 3.63) is 47.9 Å². The van der Waals surface area contributed by atoms with Gasteiger partial charge in [-0.2, -0.15) is 0 Å². The quantitative estimate of drug-likeness (QED) is 0.831. The number of aryl methyl sites for hydroxylation is 1. The van der Waals surface area contributed by atoms with Crippen LogP contribution in [0.3, 0.4) is 0 Å². The van der Waals surface area contributed by atoms with Crippen molar-refractivity contribution in [2.24, 2.45) is 0 Å². The Bertz CT molecular complexity index is 598. The van der Waals surface area contributed by atoms with Crippen LogP contribution < -0.4 is 10.1 Å². The minimum atomic E-state index is 0.391. The molecule has 1 aromatic heterocycles. The first kappa shape index (κ1) is 14.8. The number of hydrogen-bond acceptors (Lipinski definition) is 5. The van der Waals surface area contributed by atoms with E-state index in [0.29, 0.717) is 19.1 Å². The zero-order valence-corrected chi connectivity index (χ0v) is 12.8. The van der Waals surface area contributed by atoms with E-state index >= 15 is 0 Å². The molecule has 5 heteroatoms. The average molecular weight is 299 g/mol. The van der Waals surface area contributed by atoms with Crippen molar-refractivity contribution in [1.82, 2.24) is 9.97 Å². The molecule has 1 aliphatic rings. The van der Waals surface area contributed by atoms with Gasteiger partial charge in [0, 0.05) is 18.6 Å². The molecule has 0 bridgehead atoms. The van der Waals surface area contributed by atoms with Crippen LogP contribution in [0, 0.1) is 6.92 Å². The van der Waals surface area contributed by atoms with Crippen molar-refractivity contribution in [1.29, 1.82) is 0 Å². The van der Waals surface area contributed by atoms with Crippen LogP contribution >= 0.6 is 0 Å². The summed E-state index contributed by atoms with van der Waals surface area (Å²) in [7, 11) is 0. The minimum Gasteiger partial charge on any atom is -0.492 e. The van der Waals surface area contributed by atoms with Gasteiger partial charge < -0.3 is 14.8 Å². The second-order valence-electron chi connectivity index (χ2n) is 5.37. The Kier molecular flexibility index (Phi) is 4.85. The van der Waals surface area contributed by atoms with Crippen molar-refractivity contribution in [3.63, 3.8) is 0 Å². The summed E-state index contributed by atoms with van der Waals surface area (Å²) in [6.07, 6.45) is 1.03. The lowest BCUT2D eigenvalue weighted by Gasteiger charge is -2.12. The molecule has 1 atom stereocenters. The maximum atomic E-state index is 5.66. The molecule has 1 saturated heterocycles. The lowest BCUT2D eigenvalue weighted by molar-refractivity contribution is 0.193. The molecule has 0 unspecified atom stereocenters. The fourth-order valence-corrected chi connectivity index (χ4v) is 2.52. The Hall–Kier alpha value is -2.14. The maximum Gasteiger partial charge on any atom is 0.130 e. The second-order valence-corrected chi connectivity index (χ2v) is 5.37. The molecule has 2 aromatic rings. The lowest BCUT2D eigenvalue weighted by atomic mass is 10.0. The van der Waals surface area contributed by atoms with Crippen LogP contribution in [-0.4, -0.2) is 36.3 Å². The first-order chi connectivity index (χ1) is 10.8. The van der Waals surface area contributed by atoms with Gasteiger partial charge in [0.05, 0.1) is 18.8 Å². The SMILES string of the molecule is Cc1nc(NCCOc2ccccc2)cc([C@@H]2CCOC2)n1. The third-order valence-corrected chi connectivity index (χ3v) is 3.63. The van der Waals surface area contributed by atoms with Gasteiger partial charge in [-0.1, -0.05) is 18.2 Å². The van der Waals surface area contributed by atoms with Crippen LogP contribution in [0.4, 0.5) is 5.82 Å². The van der Waals surface area contributed by atoms with Crippen LogP contribution in [-0.2, 0) is 4.74 Å². The molecule has 1 N–H and O–H groups in total. The number of rotatable bonds is 6. The molecule has 22 heavy (non-hydrogen) atoms. The van der Waals surface area contributed by atoms with Gasteiger partial charge >= 0.3 is 0 Å². The van der Waals surface area contributed by atoms with Crippen LogP contribution in [0.25, 0.3) is 0 Å². The Labute approximate surface area is 130 Å². The summed E-state index contributed by atoms with van der Waals surface area (Å²) in [5.41, 5.74) is 1.07. The van der Waals surface area contributed by atoms with E-state index in [1.807, 2.05) is 43.3 Å². The van der Waals surface area contributed by atoms with Crippen LogP contribution in [0.1, 0.15) is 23.9 Å². The molecular weight excluding hydrogens is 278 g/mol. The molecule has 1 aliphatic heterocycles. The van der Waals surface area contributed by atoms with E-state index in [2.05, 4.69) is 15.3 Å². The van der Waals surface area contributed by atoms with E-state index in [4.69, 9.17) is 9.47 Å². The molecule has 5 nitrogen and oxygen atoms in total. The Morgan fingerprint density at radius 2 is 2.14 bits per heavy atom. The van der Waals surface area contributed by atoms with Gasteiger partial charge in [-0.05, 0) is 25.5 Å². The third-order valence-electron chi connectivity index (χ3n) is 3.63. The zero-order valence-electron chi connectivity index (χ0n) is 12.8. The average Bonchev–Trinajstić information content (AvgIpc) is 3.07. The molecule has 3 rings (SSSR count). The van der Waals surface area contributed by atoms with Gasteiger partial charge in [-0.3, -0.25) is 0 Å². The highest BCUT2D eigenvalue weighted by Gasteiger charge is 2.20. The van der Waals surface area contributed by atoms with Gasteiger partial charge in [0.1, 0.15) is 24.0 Å². The lowest BCUT2D eigenvalue weighted by Crippen LogP contribution is -2.14. The number of nitrogens with one attached hydrogen (secondary N) is 1. The van der Waals surface area contributed by atoms with Crippen molar-refractivity contribution in [3.8, 4) is 5.75 Å². The largest absolute Gasteiger partial charge is 0.492 e. The number of anilines is 1. The summed E-state index contributed by atoms with van der Waals surface area (Å²) in [6, 6.07) is 11.8. The van der Waals surface area contributed by atoms with Gasteiger partial charge in [-0.25, -0.2) is 9.97 Å². The summed E-state index contributed by atoms with van der Waals surface area (Å²) in [5.74, 6) is 2.91. The summed E-state index contributed by atoms with van der Waals surface area (Å²) in [4.78, 5) is 8.96. The first-order valence-electron chi connectivity index (χ1n) is 7.66. The zero-order chi connectivity index (χ0) is 15.2. The number of hydrogen-bond donors (Lipinski definition) is 1. The summed E-state index contributed by atoms with van der Waals surface area (Å²) in [5, 5.41) is 3.30. The molecule has 0 amide bonds. The molecule has 116 valence electrons. The Morgan fingerprint density at radius 3 is 2.91 bits per heavy atom. The normalized spacial score (nSPS) is 17.4. The van der Waals surface area contributed by atoms with E-state index in [-0.39, 0.29) is 0 Å². The Balaban J connectivity index is 1.53. The van der Waals surface area contributed by atoms with Gasteiger partial charge in [0.15, 0.2) is 0 Å². The molecule has 1 fully saturated rings. The minimum absolute atomic E-state index is 0.391. The molecule has 0 saturated carbocycles. The van der Waals surface area contributed by atoms with E-state index in [9.17, 15) is 0 Å². The number of aromatic nitrogens is 2. The summed E-state index contributed by atoms with van der Waals surface area (Å²) < 4.78 is 11.1. The predicted molar refractivity (Wildman–Crippen MR) is 85.4 cm³/mol. The molecule has 0 radical (unpaired) electrons. The van der Waals surface area contributed by atoms with E-state index < -0.39 is 0 Å². The monoisotopic (exact) mass is 299 g/mol. The topological polar surface area (TPSA) is 56.3 Å². The number of para-hydroxylation sites is 1. The molecule has 0 aliphatic carbocycles. The van der Waals surface area contributed by atoms with Crippen molar-refractivity contribution in [2.45, 2.75) is 19.3 Å². The van der Waals surface area contributed by atoms with E-state index in [1.165, 1.54) is 0 Å². The summed E-state index contributed by atoms with van der Waals surface area (Å²) >= 11 is 0. The van der Waals surface area contributed by atoms with Gasteiger partial charge in [-0.15, -0.1) is 0 Å². The standard InChI is InChI=1S/C17H21N3O2/c1-13-19-16(14-7-9-21-12-14)11-17(20-13)18-8-10-22-15-5-3-2-4-6-15/h2-6,11,14H,7-10,12H2,1H3,(H,18,19,20)/t14-/m1/s1. The summed E-state index contributed by atoms with van der Waals surface area (Å²) in [6.45, 7) is 4.79. The molecule has 1 aromatic carbocycles. The van der Waals surface area contributed by atoms with E-state index in [0.717, 1.165) is 42.7 Å². The van der Waals surface area contributed by atoms with Crippen LogP contribution in [0.15, 0.2) is 36.4 Å². The third kappa shape index (κ3) is 3.95. The fourth-order valence-electron chi connectivity index (χ4n) is 2.52. The molecule has 2 heterocycles. The van der Waals surface area contributed by atoms with Crippen molar-refractivity contribution in [2.75, 3.05) is 31.7 Å². The van der Waals surface area contributed by atoms with Gasteiger partial charge in [0.25, 0.3) is 0 Å². The number of nitrogens with zero attached hydrogens (tertiary/aromatic N) is 2. The van der Waals surface area contributed by atoms with E-state index in [1.54, 1.807) is 0 Å². The fraction of sp³-hybridized carbons (Fsp3) is 0.412. The highest BCUT2D eigenvalue weighted by molar-refractivity contribution is 5.37. The van der Waals surface area contributed by atoms with Crippen molar-refractivity contribution < 1.29 is 9.47 Å². The molecular formula is C17H21N3O2. The number of benzene rings is 1. The smallest absolute Gasteiger partial charge is 0.130 e. The Morgan fingerprint density at radius 1 is 1.27 bits per heavy atom. The van der Waals surface area contributed by atoms with Crippen LogP contribution in [0.2, 0.25) is 0 Å². The van der Waals surface area contributed by atoms with Crippen LogP contribution in [0.5, 0.6) is 5.75 Å². The highest BCUT2D eigenvalue weighted by Crippen LogP contribution is 2.24. The highest BCUT2D eigenvalue weighted by atomic mass is 16.5. The van der Waals surface area contributed by atoms with Gasteiger partial charge in [0.2, 0.25) is 0 Å². The molecule has 0 spiro atoms.